The highest BCUT2D eigenvalue weighted by Crippen LogP contribution is 2.09. The van der Waals surface area contributed by atoms with Crippen molar-refractivity contribution in [1.29, 1.82) is 0 Å². The summed E-state index contributed by atoms with van der Waals surface area (Å²) in [5.74, 6) is 0.279. The summed E-state index contributed by atoms with van der Waals surface area (Å²) in [7, 11) is 1.87. The van der Waals surface area contributed by atoms with Crippen molar-refractivity contribution in [2.24, 2.45) is 13.0 Å². The van der Waals surface area contributed by atoms with E-state index in [0.29, 0.717) is 6.54 Å². The van der Waals surface area contributed by atoms with Crippen LogP contribution in [0.3, 0.4) is 0 Å². The fourth-order valence-corrected chi connectivity index (χ4v) is 1.97. The topological polar surface area (TPSA) is 59.0 Å². The Morgan fingerprint density at radius 3 is 3.12 bits per heavy atom. The van der Waals surface area contributed by atoms with Crippen LogP contribution in [0.5, 0.6) is 0 Å². The summed E-state index contributed by atoms with van der Waals surface area (Å²) >= 11 is 0. The van der Waals surface area contributed by atoms with Gasteiger partial charge in [-0.3, -0.25) is 9.48 Å². The highest BCUT2D eigenvalue weighted by molar-refractivity contribution is 5.85. The second-order valence-electron chi connectivity index (χ2n) is 4.28. The van der Waals surface area contributed by atoms with E-state index in [1.165, 1.54) is 0 Å². The smallest absolute Gasteiger partial charge is 0.224 e. The number of hydrogen-bond acceptors (Lipinski definition) is 3. The van der Waals surface area contributed by atoms with Crippen molar-refractivity contribution < 1.29 is 4.79 Å². The lowest BCUT2D eigenvalue weighted by atomic mass is 9.99. The van der Waals surface area contributed by atoms with Crippen molar-refractivity contribution in [2.75, 3.05) is 13.1 Å². The van der Waals surface area contributed by atoms with Gasteiger partial charge in [-0.2, -0.15) is 5.10 Å². The van der Waals surface area contributed by atoms with E-state index in [1.54, 1.807) is 10.9 Å². The molecule has 0 saturated carbocycles. The Bertz CT molecular complexity index is 360. The summed E-state index contributed by atoms with van der Waals surface area (Å²) in [4.78, 5) is 11.8. The van der Waals surface area contributed by atoms with Crippen LogP contribution >= 0.6 is 12.4 Å². The number of nitrogens with one attached hydrogen (secondary N) is 2. The van der Waals surface area contributed by atoms with E-state index >= 15 is 0 Å². The second kappa shape index (κ2) is 6.61. The van der Waals surface area contributed by atoms with Gasteiger partial charge in [0, 0.05) is 31.9 Å². The largest absolute Gasteiger partial charge is 0.352 e. The van der Waals surface area contributed by atoms with Gasteiger partial charge < -0.3 is 10.6 Å². The summed E-state index contributed by atoms with van der Waals surface area (Å²) in [6.45, 7) is 2.41. The Balaban J connectivity index is 0.00000144. The van der Waals surface area contributed by atoms with Crippen molar-refractivity contribution in [1.82, 2.24) is 20.4 Å². The van der Waals surface area contributed by atoms with Crippen LogP contribution in [-0.4, -0.2) is 28.8 Å². The maximum atomic E-state index is 11.8. The molecule has 1 aliphatic rings. The molecular formula is C11H19ClN4O. The van der Waals surface area contributed by atoms with Crippen molar-refractivity contribution in [3.63, 3.8) is 0 Å². The van der Waals surface area contributed by atoms with Gasteiger partial charge in [0.2, 0.25) is 5.91 Å². The Hall–Kier alpha value is -1.07. The maximum absolute atomic E-state index is 11.8. The number of hydrogen-bond donors (Lipinski definition) is 2. The van der Waals surface area contributed by atoms with Crippen LogP contribution in [-0.2, 0) is 18.4 Å². The molecule has 1 amide bonds. The fraction of sp³-hybridized carbons (Fsp3) is 0.636. The van der Waals surface area contributed by atoms with Gasteiger partial charge in [0.05, 0.1) is 12.1 Å². The minimum Gasteiger partial charge on any atom is -0.352 e. The van der Waals surface area contributed by atoms with E-state index in [9.17, 15) is 4.79 Å². The number of piperidine rings is 1. The van der Waals surface area contributed by atoms with E-state index in [1.807, 2.05) is 13.2 Å². The van der Waals surface area contributed by atoms with Gasteiger partial charge in [-0.25, -0.2) is 0 Å². The van der Waals surface area contributed by atoms with Crippen LogP contribution in [0.4, 0.5) is 0 Å². The standard InChI is InChI=1S/C11H18N4O.ClH/c1-15-8-9(6-14-15)5-13-11(16)10-3-2-4-12-7-10;/h6,8,10,12H,2-5,7H2,1H3,(H,13,16);1H. The van der Waals surface area contributed by atoms with Crippen LogP contribution in [0.1, 0.15) is 18.4 Å². The zero-order valence-corrected chi connectivity index (χ0v) is 10.8. The molecule has 1 aromatic heterocycles. The first kappa shape index (κ1) is 14.0. The SMILES string of the molecule is Cl.Cn1cc(CNC(=O)C2CCCNC2)cn1. The highest BCUT2D eigenvalue weighted by atomic mass is 35.5. The third-order valence-electron chi connectivity index (χ3n) is 2.89. The molecule has 5 nitrogen and oxygen atoms in total. The molecule has 1 saturated heterocycles. The van der Waals surface area contributed by atoms with Crippen LogP contribution in [0.15, 0.2) is 12.4 Å². The minimum atomic E-state index is 0. The molecule has 0 radical (unpaired) electrons. The summed E-state index contributed by atoms with van der Waals surface area (Å²) in [5, 5.41) is 10.3. The Labute approximate surface area is 107 Å². The molecule has 2 rings (SSSR count). The molecule has 2 N–H and O–H groups in total. The van der Waals surface area contributed by atoms with E-state index in [2.05, 4.69) is 15.7 Å². The summed E-state index contributed by atoms with van der Waals surface area (Å²) in [6, 6.07) is 0. The van der Waals surface area contributed by atoms with Crippen molar-refractivity contribution >= 4 is 18.3 Å². The molecule has 1 atom stereocenters. The van der Waals surface area contributed by atoms with Gasteiger partial charge in [0.15, 0.2) is 0 Å². The molecule has 0 spiro atoms. The summed E-state index contributed by atoms with van der Waals surface area (Å²) in [5.41, 5.74) is 1.04. The molecule has 96 valence electrons. The van der Waals surface area contributed by atoms with Gasteiger partial charge in [0.25, 0.3) is 0 Å². The zero-order valence-electron chi connectivity index (χ0n) is 9.98. The van der Waals surface area contributed by atoms with Crippen molar-refractivity contribution in [2.45, 2.75) is 19.4 Å². The average Bonchev–Trinajstić information content (AvgIpc) is 2.73. The first-order chi connectivity index (χ1) is 7.75. The fourth-order valence-electron chi connectivity index (χ4n) is 1.97. The molecule has 0 aromatic carbocycles. The molecule has 1 aliphatic heterocycles. The number of carbonyl (C=O) groups excluding carboxylic acids is 1. The van der Waals surface area contributed by atoms with Gasteiger partial charge in [-0.05, 0) is 19.4 Å². The van der Waals surface area contributed by atoms with E-state index in [-0.39, 0.29) is 24.2 Å². The number of carbonyl (C=O) groups is 1. The van der Waals surface area contributed by atoms with Crippen LogP contribution in [0, 0.1) is 5.92 Å². The molecule has 1 aromatic rings. The normalized spacial score (nSPS) is 19.5. The minimum absolute atomic E-state index is 0. The molecule has 2 heterocycles. The van der Waals surface area contributed by atoms with Gasteiger partial charge in [0.1, 0.15) is 0 Å². The van der Waals surface area contributed by atoms with Crippen LogP contribution in [0.25, 0.3) is 0 Å². The lowest BCUT2D eigenvalue weighted by Crippen LogP contribution is -2.40. The zero-order chi connectivity index (χ0) is 11.4. The Kier molecular flexibility index (Phi) is 5.44. The van der Waals surface area contributed by atoms with Gasteiger partial charge >= 0.3 is 0 Å². The van der Waals surface area contributed by atoms with E-state index in [4.69, 9.17) is 0 Å². The predicted octanol–water partition coefficient (Wildman–Crippen LogP) is 0.458. The van der Waals surface area contributed by atoms with E-state index in [0.717, 1.165) is 31.5 Å². The molecule has 6 heteroatoms. The van der Waals surface area contributed by atoms with Crippen molar-refractivity contribution in [3.05, 3.63) is 18.0 Å². The van der Waals surface area contributed by atoms with Gasteiger partial charge in [-0.15, -0.1) is 12.4 Å². The summed E-state index contributed by atoms with van der Waals surface area (Å²) in [6.07, 6.45) is 5.77. The number of aryl methyl sites for hydroxylation is 1. The lowest BCUT2D eigenvalue weighted by Gasteiger charge is -2.21. The quantitative estimate of drug-likeness (QED) is 0.828. The Morgan fingerprint density at radius 2 is 2.53 bits per heavy atom. The molecule has 17 heavy (non-hydrogen) atoms. The van der Waals surface area contributed by atoms with E-state index < -0.39 is 0 Å². The third-order valence-corrected chi connectivity index (χ3v) is 2.89. The molecular weight excluding hydrogens is 240 g/mol. The number of halogens is 1. The van der Waals surface area contributed by atoms with Crippen LogP contribution in [0.2, 0.25) is 0 Å². The van der Waals surface area contributed by atoms with Crippen molar-refractivity contribution in [3.8, 4) is 0 Å². The van der Waals surface area contributed by atoms with Gasteiger partial charge in [-0.1, -0.05) is 0 Å². The maximum Gasteiger partial charge on any atom is 0.224 e. The number of amides is 1. The molecule has 0 bridgehead atoms. The number of nitrogens with zero attached hydrogens (tertiary/aromatic N) is 2. The third kappa shape index (κ3) is 4.02. The number of aromatic nitrogens is 2. The first-order valence-electron chi connectivity index (χ1n) is 5.71. The molecule has 1 unspecified atom stereocenters. The first-order valence-corrected chi connectivity index (χ1v) is 5.71. The average molecular weight is 259 g/mol. The lowest BCUT2D eigenvalue weighted by molar-refractivity contribution is -0.125. The Morgan fingerprint density at radius 1 is 1.71 bits per heavy atom. The second-order valence-corrected chi connectivity index (χ2v) is 4.28. The monoisotopic (exact) mass is 258 g/mol. The van der Waals surface area contributed by atoms with Crippen LogP contribution < -0.4 is 10.6 Å². The predicted molar refractivity (Wildman–Crippen MR) is 67.9 cm³/mol. The molecule has 0 aliphatic carbocycles. The molecule has 1 fully saturated rings. The summed E-state index contributed by atoms with van der Waals surface area (Å²) < 4.78 is 1.74. The number of rotatable bonds is 3. The highest BCUT2D eigenvalue weighted by Gasteiger charge is 2.20.